The first-order chi connectivity index (χ1) is 6.67. The molecule has 0 aromatic carbocycles. The quantitative estimate of drug-likeness (QED) is 0.370. The Morgan fingerprint density at radius 2 is 2.21 bits per heavy atom. The van der Waals surface area contributed by atoms with E-state index in [1.54, 1.807) is 7.05 Å². The Kier molecular flexibility index (Phi) is 8.64. The van der Waals surface area contributed by atoms with Crippen LogP contribution in [0.5, 0.6) is 0 Å². The van der Waals surface area contributed by atoms with E-state index in [0.717, 1.165) is 19.4 Å². The zero-order valence-corrected chi connectivity index (χ0v) is 10.9. The summed E-state index contributed by atoms with van der Waals surface area (Å²) in [6, 6.07) is -0.205. The molecule has 0 aliphatic carbocycles. The van der Waals surface area contributed by atoms with Gasteiger partial charge in [-0.3, -0.25) is 14.7 Å². The number of nitrogens with one attached hydrogen (secondary N) is 2. The van der Waals surface area contributed by atoms with Crippen LogP contribution in [-0.2, 0) is 9.63 Å². The lowest BCUT2D eigenvalue weighted by molar-refractivity contribution is -0.170. The minimum atomic E-state index is -0.205. The fraction of sp³-hybridized carbons (Fsp3) is 0.857. The molecule has 0 aromatic heterocycles. The van der Waals surface area contributed by atoms with Crippen molar-refractivity contribution in [2.24, 2.45) is 0 Å². The van der Waals surface area contributed by atoms with Crippen molar-refractivity contribution in [3.63, 3.8) is 0 Å². The van der Waals surface area contributed by atoms with Crippen molar-refractivity contribution in [3.05, 3.63) is 0 Å². The van der Waals surface area contributed by atoms with E-state index in [2.05, 4.69) is 29.0 Å². The SMILES string of the molecule is CON(C)C(=O)[C@H](CCCNP)NP. The highest BCUT2D eigenvalue weighted by Gasteiger charge is 2.19. The van der Waals surface area contributed by atoms with Gasteiger partial charge >= 0.3 is 0 Å². The molecule has 84 valence electrons. The van der Waals surface area contributed by atoms with E-state index < -0.39 is 0 Å². The normalized spacial score (nSPS) is 12.6. The second kappa shape index (κ2) is 8.51. The first kappa shape index (κ1) is 14.2. The summed E-state index contributed by atoms with van der Waals surface area (Å²) in [5.41, 5.74) is 0. The number of hydrogen-bond donors (Lipinski definition) is 2. The number of hydroxylamine groups is 2. The van der Waals surface area contributed by atoms with Gasteiger partial charge in [0.25, 0.3) is 5.91 Å². The molecule has 2 unspecified atom stereocenters. The molecule has 0 saturated heterocycles. The Labute approximate surface area is 89.8 Å². The smallest absolute Gasteiger partial charge is 0.263 e. The highest BCUT2D eigenvalue weighted by Crippen LogP contribution is 2.03. The maximum absolute atomic E-state index is 11.6. The summed E-state index contributed by atoms with van der Waals surface area (Å²) in [5, 5.41) is 7.07. The number of hydrogen-bond acceptors (Lipinski definition) is 4. The van der Waals surface area contributed by atoms with E-state index in [-0.39, 0.29) is 11.9 Å². The van der Waals surface area contributed by atoms with Gasteiger partial charge in [0.15, 0.2) is 0 Å². The second-order valence-corrected chi connectivity index (χ2v) is 3.58. The van der Waals surface area contributed by atoms with Gasteiger partial charge in [-0.25, -0.2) is 5.06 Å². The molecule has 0 fully saturated rings. The number of carbonyl (C=O) groups excluding carboxylic acids is 1. The first-order valence-corrected chi connectivity index (χ1v) is 5.54. The zero-order chi connectivity index (χ0) is 11.0. The summed E-state index contributed by atoms with van der Waals surface area (Å²) in [5.74, 6) is -0.0637. The van der Waals surface area contributed by atoms with Crippen molar-refractivity contribution in [1.29, 1.82) is 0 Å². The lowest BCUT2D eigenvalue weighted by Gasteiger charge is -2.20. The Morgan fingerprint density at radius 3 is 2.64 bits per heavy atom. The van der Waals surface area contributed by atoms with Crippen LogP contribution in [-0.4, -0.2) is 37.7 Å². The predicted molar refractivity (Wildman–Crippen MR) is 63.4 cm³/mol. The van der Waals surface area contributed by atoms with Crippen LogP contribution in [0, 0.1) is 0 Å². The number of amides is 1. The third-order valence-corrected chi connectivity index (χ3v) is 2.59. The molecule has 0 aliphatic heterocycles. The summed E-state index contributed by atoms with van der Waals surface area (Å²) < 4.78 is 0. The minimum Gasteiger partial charge on any atom is -0.301 e. The molecule has 0 rings (SSSR count). The predicted octanol–water partition coefficient (Wildman–Crippen LogP) is -0.0856. The Bertz CT molecular complexity index is 171. The van der Waals surface area contributed by atoms with Crippen molar-refractivity contribution in [1.82, 2.24) is 15.2 Å². The summed E-state index contributed by atoms with van der Waals surface area (Å²) >= 11 is 0. The van der Waals surface area contributed by atoms with Crippen molar-refractivity contribution in [3.8, 4) is 0 Å². The van der Waals surface area contributed by atoms with Crippen molar-refractivity contribution < 1.29 is 9.63 Å². The van der Waals surface area contributed by atoms with Gasteiger partial charge in [-0.15, -0.1) is 0 Å². The molecule has 0 spiro atoms. The Balaban J connectivity index is 3.92. The largest absolute Gasteiger partial charge is 0.301 e. The third kappa shape index (κ3) is 5.18. The molecule has 0 bridgehead atoms. The van der Waals surface area contributed by atoms with E-state index in [1.807, 2.05) is 0 Å². The zero-order valence-electron chi connectivity index (χ0n) is 8.62. The van der Waals surface area contributed by atoms with Gasteiger partial charge in [-0.2, -0.15) is 0 Å². The van der Waals surface area contributed by atoms with E-state index >= 15 is 0 Å². The Morgan fingerprint density at radius 1 is 1.57 bits per heavy atom. The van der Waals surface area contributed by atoms with E-state index in [9.17, 15) is 4.79 Å². The van der Waals surface area contributed by atoms with Gasteiger partial charge in [0, 0.05) is 7.05 Å². The van der Waals surface area contributed by atoms with Crippen LogP contribution < -0.4 is 10.2 Å². The average Bonchev–Trinajstić information content (AvgIpc) is 2.22. The van der Waals surface area contributed by atoms with Crippen molar-refractivity contribution in [2.75, 3.05) is 20.7 Å². The molecule has 7 heteroatoms. The molecule has 1 amide bonds. The fourth-order valence-electron chi connectivity index (χ4n) is 0.996. The molecule has 2 N–H and O–H groups in total. The molecule has 0 heterocycles. The van der Waals surface area contributed by atoms with E-state index in [4.69, 9.17) is 4.84 Å². The lowest BCUT2D eigenvalue weighted by Crippen LogP contribution is -2.41. The number of nitrogens with zero attached hydrogens (tertiary/aromatic N) is 1. The molecule has 0 aliphatic rings. The Hall–Kier alpha value is 0.210. The molecule has 0 aromatic rings. The monoisotopic (exact) mass is 239 g/mol. The molecule has 3 atom stereocenters. The maximum atomic E-state index is 11.6. The van der Waals surface area contributed by atoms with Crippen LogP contribution in [0.15, 0.2) is 0 Å². The summed E-state index contributed by atoms with van der Waals surface area (Å²) in [4.78, 5) is 16.4. The van der Waals surface area contributed by atoms with Crippen LogP contribution in [0.4, 0.5) is 0 Å². The van der Waals surface area contributed by atoms with Gasteiger partial charge in [0.05, 0.1) is 13.2 Å². The first-order valence-electron chi connectivity index (χ1n) is 4.38. The van der Waals surface area contributed by atoms with E-state index in [0.29, 0.717) is 0 Å². The van der Waals surface area contributed by atoms with Crippen molar-refractivity contribution in [2.45, 2.75) is 18.9 Å². The van der Waals surface area contributed by atoms with Gasteiger partial charge in [0.1, 0.15) is 0 Å². The molecule has 5 nitrogen and oxygen atoms in total. The maximum Gasteiger partial charge on any atom is 0.263 e. The standard InChI is InChI=1S/C7H19N3O2P2/c1-10(12-2)7(11)6(9-14)4-3-5-8-13/h6,8-9H,3-5,13-14H2,1-2H3/t6-/m0/s1. The number of carbonyl (C=O) groups is 1. The number of likely N-dealkylation sites (N-methyl/N-ethyl adjacent to an activating group) is 1. The van der Waals surface area contributed by atoms with Crippen LogP contribution >= 0.6 is 18.8 Å². The van der Waals surface area contributed by atoms with Crippen LogP contribution in [0.3, 0.4) is 0 Å². The van der Waals surface area contributed by atoms with Gasteiger partial charge in [-0.05, 0) is 19.4 Å². The molecule has 0 saturated carbocycles. The summed E-state index contributed by atoms with van der Waals surface area (Å²) in [7, 11) is 7.87. The van der Waals surface area contributed by atoms with Gasteiger partial charge in [0.2, 0.25) is 0 Å². The highest BCUT2D eigenvalue weighted by molar-refractivity contribution is 7.13. The summed E-state index contributed by atoms with van der Waals surface area (Å²) in [6.45, 7) is 0.873. The summed E-state index contributed by atoms with van der Waals surface area (Å²) in [6.07, 6.45) is 1.70. The highest BCUT2D eigenvalue weighted by atomic mass is 31.0. The third-order valence-electron chi connectivity index (χ3n) is 1.90. The second-order valence-electron chi connectivity index (χ2n) is 2.83. The topological polar surface area (TPSA) is 53.6 Å². The van der Waals surface area contributed by atoms with Crippen LogP contribution in [0.1, 0.15) is 12.8 Å². The lowest BCUT2D eigenvalue weighted by atomic mass is 10.1. The molecular weight excluding hydrogens is 220 g/mol. The van der Waals surface area contributed by atoms with Crippen LogP contribution in [0.2, 0.25) is 0 Å². The van der Waals surface area contributed by atoms with Gasteiger partial charge < -0.3 is 5.09 Å². The van der Waals surface area contributed by atoms with Gasteiger partial charge in [-0.1, -0.05) is 18.8 Å². The van der Waals surface area contributed by atoms with Crippen molar-refractivity contribution >= 4 is 24.7 Å². The molecule has 0 radical (unpaired) electrons. The molecular formula is C7H19N3O2P2. The number of rotatable bonds is 7. The van der Waals surface area contributed by atoms with Crippen LogP contribution in [0.25, 0.3) is 0 Å². The molecule has 14 heavy (non-hydrogen) atoms. The van der Waals surface area contributed by atoms with E-state index in [1.165, 1.54) is 12.2 Å². The average molecular weight is 239 g/mol. The minimum absolute atomic E-state index is 0.0637. The fourth-order valence-corrected chi connectivity index (χ4v) is 1.51.